The minimum Gasteiger partial charge on any atom is -0.508 e. The number of hydrogen-bond acceptors (Lipinski definition) is 8. The van der Waals surface area contributed by atoms with Crippen molar-refractivity contribution in [1.82, 2.24) is 4.90 Å². The Hall–Kier alpha value is -5.28. The number of hydrogen-bond donors (Lipinski definition) is 1. The molecule has 4 aromatic rings. The topological polar surface area (TPSA) is 119 Å². The number of benzene rings is 4. The fourth-order valence-corrected chi connectivity index (χ4v) is 7.33. The average Bonchev–Trinajstić information content (AvgIpc) is 3.36. The van der Waals surface area contributed by atoms with Gasteiger partial charge in [-0.3, -0.25) is 24.1 Å². The molecule has 9 heteroatoms. The van der Waals surface area contributed by atoms with Crippen LogP contribution in [0.15, 0.2) is 91.0 Å². The number of phenols is 1. The molecule has 9 nitrogen and oxygen atoms in total. The van der Waals surface area contributed by atoms with E-state index in [0.717, 1.165) is 23.5 Å². The number of fused-ring (bicyclic) bond motifs is 2. The molecule has 3 aliphatic rings. The number of carbonyl (C=O) groups is 4. The number of rotatable bonds is 11. The van der Waals surface area contributed by atoms with Crippen LogP contribution in [0, 0.1) is 0 Å². The first-order valence-corrected chi connectivity index (χ1v) is 16.7. The monoisotopic (exact) mass is 659 g/mol. The average molecular weight is 660 g/mol. The molecule has 0 aromatic heterocycles. The van der Waals surface area contributed by atoms with Gasteiger partial charge in [0.15, 0.2) is 5.78 Å². The van der Waals surface area contributed by atoms with E-state index < -0.39 is 23.6 Å². The number of ketones is 2. The minimum absolute atomic E-state index is 0.163. The highest BCUT2D eigenvalue weighted by molar-refractivity contribution is 6.23. The highest BCUT2D eigenvalue weighted by atomic mass is 16.5. The number of Topliss-reactive ketones (excluding diaryl/α,β-unsaturated/α-hetero) is 2. The lowest BCUT2D eigenvalue weighted by atomic mass is 9.69. The van der Waals surface area contributed by atoms with Gasteiger partial charge < -0.3 is 19.3 Å². The van der Waals surface area contributed by atoms with E-state index in [1.807, 2.05) is 24.3 Å². The quantitative estimate of drug-likeness (QED) is 0.118. The van der Waals surface area contributed by atoms with Gasteiger partial charge in [-0.1, -0.05) is 48.5 Å². The molecule has 3 atom stereocenters. The first kappa shape index (κ1) is 32.3. The Bertz CT molecular complexity index is 1890. The van der Waals surface area contributed by atoms with Crippen LogP contribution < -0.4 is 9.47 Å². The molecular weight excluding hydrogens is 622 g/mol. The molecule has 1 aliphatic heterocycles. The molecule has 1 unspecified atom stereocenters. The summed E-state index contributed by atoms with van der Waals surface area (Å²) >= 11 is 0. The summed E-state index contributed by atoms with van der Waals surface area (Å²) in [5.74, 6) is 0.328. The van der Waals surface area contributed by atoms with Crippen LogP contribution in [0.2, 0.25) is 0 Å². The van der Waals surface area contributed by atoms with Crippen molar-refractivity contribution in [1.29, 1.82) is 0 Å². The maximum Gasteiger partial charge on any atom is 0.262 e. The normalized spacial score (nSPS) is 20.2. The van der Waals surface area contributed by atoms with E-state index in [-0.39, 0.29) is 48.7 Å². The number of aryl methyl sites for hydroxylation is 1. The predicted molar refractivity (Wildman–Crippen MR) is 180 cm³/mol. The van der Waals surface area contributed by atoms with Gasteiger partial charge in [-0.2, -0.15) is 0 Å². The Labute approximate surface area is 284 Å². The van der Waals surface area contributed by atoms with Crippen molar-refractivity contribution in [3.8, 4) is 17.2 Å². The van der Waals surface area contributed by atoms with E-state index in [1.165, 1.54) is 34.4 Å². The number of carbonyl (C=O) groups excluding carboxylic acids is 4. The van der Waals surface area contributed by atoms with Crippen molar-refractivity contribution in [3.05, 3.63) is 124 Å². The molecule has 0 radical (unpaired) electrons. The van der Waals surface area contributed by atoms with Crippen LogP contribution in [0.5, 0.6) is 17.2 Å². The Balaban J connectivity index is 0.889. The first-order chi connectivity index (χ1) is 23.9. The Morgan fingerprint density at radius 1 is 0.673 bits per heavy atom. The third-order valence-corrected chi connectivity index (χ3v) is 9.69. The summed E-state index contributed by atoms with van der Waals surface area (Å²) in [6, 6.07) is 28.3. The summed E-state index contributed by atoms with van der Waals surface area (Å²) in [5, 5.41) is 10.1. The van der Waals surface area contributed by atoms with E-state index >= 15 is 0 Å². The molecule has 0 saturated heterocycles. The summed E-state index contributed by atoms with van der Waals surface area (Å²) in [6.45, 7) is 1.23. The second-order valence-electron chi connectivity index (χ2n) is 12.7. The first-order valence-electron chi connectivity index (χ1n) is 16.7. The van der Waals surface area contributed by atoms with Gasteiger partial charge in [-0.05, 0) is 89.9 Å². The molecule has 1 saturated carbocycles. The lowest BCUT2D eigenvalue weighted by Gasteiger charge is -2.34. The van der Waals surface area contributed by atoms with Crippen LogP contribution in [0.1, 0.15) is 80.5 Å². The summed E-state index contributed by atoms with van der Waals surface area (Å²) in [6.07, 6.45) is 2.01. The molecule has 7 rings (SSSR count). The number of aromatic hydroxyl groups is 1. The molecular formula is C40H37NO8. The maximum absolute atomic E-state index is 13.0. The second kappa shape index (κ2) is 14.1. The molecule has 49 heavy (non-hydrogen) atoms. The highest BCUT2D eigenvalue weighted by Gasteiger charge is 2.44. The Kier molecular flexibility index (Phi) is 9.26. The van der Waals surface area contributed by atoms with Crippen LogP contribution in [0.25, 0.3) is 0 Å². The van der Waals surface area contributed by atoms with Crippen molar-refractivity contribution < 1.29 is 38.5 Å². The number of ether oxygens (including phenoxy) is 3. The number of imide groups is 1. The number of phenolic OH excluding ortho intramolecular Hbond substituents is 1. The van der Waals surface area contributed by atoms with E-state index in [2.05, 4.69) is 42.5 Å². The lowest BCUT2D eigenvalue weighted by Crippen LogP contribution is -2.47. The molecule has 0 spiro atoms. The van der Waals surface area contributed by atoms with Crippen molar-refractivity contribution in [3.63, 3.8) is 0 Å². The molecule has 1 N–H and O–H groups in total. The summed E-state index contributed by atoms with van der Waals surface area (Å²) in [7, 11) is 0. The van der Waals surface area contributed by atoms with Gasteiger partial charge >= 0.3 is 0 Å². The molecule has 1 fully saturated rings. The third-order valence-electron chi connectivity index (χ3n) is 9.69. The Morgan fingerprint density at radius 2 is 1.39 bits per heavy atom. The molecule has 0 bridgehead atoms. The highest BCUT2D eigenvalue weighted by Crippen LogP contribution is 2.47. The Morgan fingerprint density at radius 3 is 2.14 bits per heavy atom. The molecule has 1 heterocycles. The largest absolute Gasteiger partial charge is 0.508 e. The molecule has 250 valence electrons. The smallest absolute Gasteiger partial charge is 0.262 e. The van der Waals surface area contributed by atoms with Gasteiger partial charge in [0.25, 0.3) is 11.8 Å². The standard InChI is InChI=1S/C40H37NO8/c42-28-9-15-33-27(22-28)8-14-32(25-4-2-1-3-5-25)38(33)26-6-11-30(12-7-26)48-20-18-47-19-21-49-31-13-16-34-35(24-31)40(46)41(39(34)45)36-17-10-29(43)23-37(36)44/h1-7,9,11-13,15-16,22,24,32,36,38,42H,8,10,14,17-21,23H2/t32-,36?,38+/m1/s1. The van der Waals surface area contributed by atoms with Gasteiger partial charge in [-0.15, -0.1) is 0 Å². The van der Waals surface area contributed by atoms with E-state index in [0.29, 0.717) is 37.2 Å². The fourth-order valence-electron chi connectivity index (χ4n) is 7.33. The summed E-state index contributed by atoms with van der Waals surface area (Å²) < 4.78 is 17.4. The summed E-state index contributed by atoms with van der Waals surface area (Å²) in [5.41, 5.74) is 5.37. The SMILES string of the molecule is O=C1CCC(N2C(=O)c3ccc(OCCOCCOc4ccc([C@@H]5c6ccc(O)cc6CC[C@@H]5c5ccccc5)cc4)cc3C2=O)C(=O)C1. The van der Waals surface area contributed by atoms with Crippen LogP contribution in [0.3, 0.4) is 0 Å². The van der Waals surface area contributed by atoms with E-state index in [9.17, 15) is 24.3 Å². The fraction of sp³-hybridized carbons (Fsp3) is 0.300. The van der Waals surface area contributed by atoms with Crippen molar-refractivity contribution in [2.75, 3.05) is 26.4 Å². The van der Waals surface area contributed by atoms with Gasteiger partial charge in [0.2, 0.25) is 0 Å². The van der Waals surface area contributed by atoms with Gasteiger partial charge in [-0.25, -0.2) is 0 Å². The summed E-state index contributed by atoms with van der Waals surface area (Å²) in [4.78, 5) is 50.9. The van der Waals surface area contributed by atoms with E-state index in [1.54, 1.807) is 12.1 Å². The second-order valence-corrected chi connectivity index (χ2v) is 12.7. The van der Waals surface area contributed by atoms with Crippen molar-refractivity contribution in [2.24, 2.45) is 0 Å². The zero-order chi connectivity index (χ0) is 33.9. The lowest BCUT2D eigenvalue weighted by molar-refractivity contribution is -0.132. The minimum atomic E-state index is -0.902. The predicted octanol–water partition coefficient (Wildman–Crippen LogP) is 6.02. The van der Waals surface area contributed by atoms with Crippen LogP contribution in [-0.4, -0.2) is 65.9 Å². The molecule has 4 aromatic carbocycles. The van der Waals surface area contributed by atoms with Gasteiger partial charge in [0.1, 0.15) is 36.2 Å². The van der Waals surface area contributed by atoms with Crippen LogP contribution in [-0.2, 0) is 20.7 Å². The van der Waals surface area contributed by atoms with Crippen LogP contribution in [0.4, 0.5) is 0 Å². The van der Waals surface area contributed by atoms with Gasteiger partial charge in [0.05, 0.1) is 36.8 Å². The van der Waals surface area contributed by atoms with Crippen molar-refractivity contribution >= 4 is 23.4 Å². The van der Waals surface area contributed by atoms with E-state index in [4.69, 9.17) is 14.2 Å². The van der Waals surface area contributed by atoms with Crippen molar-refractivity contribution in [2.45, 2.75) is 50.0 Å². The zero-order valence-corrected chi connectivity index (χ0v) is 27.0. The number of nitrogens with zero attached hydrogens (tertiary/aromatic N) is 1. The molecule has 2 aliphatic carbocycles. The third kappa shape index (κ3) is 6.71. The zero-order valence-electron chi connectivity index (χ0n) is 27.0. The molecule has 2 amide bonds. The van der Waals surface area contributed by atoms with Gasteiger partial charge in [0, 0.05) is 12.3 Å². The maximum atomic E-state index is 13.0. The number of amides is 2. The van der Waals surface area contributed by atoms with Crippen LogP contribution >= 0.6 is 0 Å².